The van der Waals surface area contributed by atoms with E-state index < -0.39 is 0 Å². The Morgan fingerprint density at radius 1 is 1.15 bits per heavy atom. The molecule has 4 nitrogen and oxygen atoms in total. The van der Waals surface area contributed by atoms with Crippen molar-refractivity contribution < 1.29 is 9.53 Å². The van der Waals surface area contributed by atoms with E-state index >= 15 is 0 Å². The highest BCUT2D eigenvalue weighted by molar-refractivity contribution is 7.99. The van der Waals surface area contributed by atoms with Crippen LogP contribution in [0.2, 0.25) is 5.02 Å². The Morgan fingerprint density at radius 3 is 2.52 bits per heavy atom. The van der Waals surface area contributed by atoms with Gasteiger partial charge in [0.1, 0.15) is 0 Å². The lowest BCUT2D eigenvalue weighted by atomic mass is 10.3. The van der Waals surface area contributed by atoms with Gasteiger partial charge < -0.3 is 4.74 Å². The maximum Gasteiger partial charge on any atom is 0.312 e. The molecule has 0 radical (unpaired) electrons. The first-order valence-corrected chi connectivity index (χ1v) is 10.2. The molecule has 140 valence electrons. The number of hydrogen-bond acceptors (Lipinski definition) is 4. The van der Waals surface area contributed by atoms with Crippen molar-refractivity contribution in [1.82, 2.24) is 9.78 Å². The minimum atomic E-state index is -0.328. The number of benzene rings is 2. The van der Waals surface area contributed by atoms with Gasteiger partial charge in [0.25, 0.3) is 0 Å². The summed E-state index contributed by atoms with van der Waals surface area (Å²) in [6, 6.07) is 17.1. The number of halogens is 2. The number of carbonyl (C=O) groups excluding carboxylic acids is 1. The van der Waals surface area contributed by atoms with Crippen molar-refractivity contribution in [1.29, 1.82) is 0 Å². The molecule has 0 amide bonds. The Balaban J connectivity index is 1.99. The summed E-state index contributed by atoms with van der Waals surface area (Å²) in [6.45, 7) is 1.90. The molecule has 0 aliphatic heterocycles. The first kappa shape index (κ1) is 19.8. The lowest BCUT2D eigenvalue weighted by Crippen LogP contribution is -2.12. The highest BCUT2D eigenvalue weighted by atomic mass is 35.5. The van der Waals surface area contributed by atoms with Crippen LogP contribution in [0.1, 0.15) is 18.5 Å². The fraction of sp³-hybridized carbons (Fsp3) is 0.200. The zero-order chi connectivity index (χ0) is 19.2. The van der Waals surface area contributed by atoms with Gasteiger partial charge >= 0.3 is 5.97 Å². The largest absolute Gasteiger partial charge is 0.406 e. The van der Waals surface area contributed by atoms with Crippen LogP contribution in [0.5, 0.6) is 5.88 Å². The van der Waals surface area contributed by atoms with Gasteiger partial charge in [-0.15, -0.1) is 11.6 Å². The Hall–Kier alpha value is -1.95. The number of alkyl halides is 1. The first-order chi connectivity index (χ1) is 13.1. The second-order valence-electron chi connectivity index (χ2n) is 5.79. The lowest BCUT2D eigenvalue weighted by molar-refractivity contribution is -0.134. The third-order valence-corrected chi connectivity index (χ3v) is 5.43. The van der Waals surface area contributed by atoms with Crippen molar-refractivity contribution in [3.8, 4) is 11.6 Å². The zero-order valence-corrected chi connectivity index (χ0v) is 17.0. The fourth-order valence-corrected chi connectivity index (χ4v) is 3.61. The third-order valence-electron chi connectivity index (χ3n) is 3.72. The molecule has 1 heterocycles. The smallest absolute Gasteiger partial charge is 0.312 e. The second-order valence-corrected chi connectivity index (χ2v) is 7.69. The van der Waals surface area contributed by atoms with Gasteiger partial charge in [-0.2, -0.15) is 9.78 Å². The summed E-state index contributed by atoms with van der Waals surface area (Å²) < 4.78 is 7.36. The van der Waals surface area contributed by atoms with Crippen LogP contribution < -0.4 is 4.74 Å². The van der Waals surface area contributed by atoms with Crippen molar-refractivity contribution in [3.63, 3.8) is 0 Å². The van der Waals surface area contributed by atoms with E-state index in [9.17, 15) is 4.79 Å². The zero-order valence-electron chi connectivity index (χ0n) is 14.7. The second kappa shape index (κ2) is 9.31. The molecule has 3 aromatic rings. The number of hydrogen-bond donors (Lipinski definition) is 0. The third kappa shape index (κ3) is 5.06. The molecular formula is C20H18Cl2N2O2S. The summed E-state index contributed by atoms with van der Waals surface area (Å²) in [6.07, 6.45) is 0.825. The van der Waals surface area contributed by atoms with Gasteiger partial charge in [0.2, 0.25) is 5.88 Å². The summed E-state index contributed by atoms with van der Waals surface area (Å²) in [4.78, 5) is 14.0. The molecular weight excluding hydrogens is 403 g/mol. The molecule has 0 N–H and O–H groups in total. The van der Waals surface area contributed by atoms with E-state index in [1.54, 1.807) is 4.68 Å². The van der Waals surface area contributed by atoms with Crippen LogP contribution in [0.4, 0.5) is 0 Å². The summed E-state index contributed by atoms with van der Waals surface area (Å²) in [5, 5.41) is 5.26. The van der Waals surface area contributed by atoms with E-state index in [1.165, 1.54) is 11.8 Å². The Bertz CT molecular complexity index is 912. The van der Waals surface area contributed by atoms with Gasteiger partial charge in [-0.3, -0.25) is 4.79 Å². The number of esters is 1. The molecule has 7 heteroatoms. The molecule has 0 aliphatic carbocycles. The molecule has 0 saturated carbocycles. The number of rotatable bonds is 7. The molecule has 1 aromatic heterocycles. The Labute approximate surface area is 172 Å². The van der Waals surface area contributed by atoms with E-state index in [2.05, 4.69) is 5.10 Å². The molecule has 0 saturated heterocycles. The Kier molecular flexibility index (Phi) is 6.83. The molecule has 27 heavy (non-hydrogen) atoms. The molecule has 0 unspecified atom stereocenters. The normalized spacial score (nSPS) is 10.8. The standard InChI is InChI=1S/C20H18Cl2N2O2S/c1-14-19(27-17-11-9-15(22)10-12-17)20(26-18(25)8-5-13-21)24(23-14)16-6-3-2-4-7-16/h2-4,6-7,9-12H,5,8,13H2,1H3. The predicted octanol–water partition coefficient (Wildman–Crippen LogP) is 5.91. The maximum atomic E-state index is 12.3. The predicted molar refractivity (Wildman–Crippen MR) is 109 cm³/mol. The number of carbonyl (C=O) groups is 1. The van der Waals surface area contributed by atoms with Crippen LogP contribution >= 0.6 is 35.0 Å². The minimum Gasteiger partial charge on any atom is -0.406 e. The maximum absolute atomic E-state index is 12.3. The lowest BCUT2D eigenvalue weighted by Gasteiger charge is -2.10. The van der Waals surface area contributed by atoms with Crippen molar-refractivity contribution in [2.75, 3.05) is 5.88 Å². The molecule has 0 aliphatic rings. The van der Waals surface area contributed by atoms with E-state index in [0.717, 1.165) is 21.2 Å². The Morgan fingerprint density at radius 2 is 1.85 bits per heavy atom. The number of para-hydroxylation sites is 1. The molecule has 0 atom stereocenters. The van der Waals surface area contributed by atoms with Crippen LogP contribution in [0.3, 0.4) is 0 Å². The average Bonchev–Trinajstić information content (AvgIpc) is 2.98. The van der Waals surface area contributed by atoms with Crippen molar-refractivity contribution in [3.05, 3.63) is 65.3 Å². The van der Waals surface area contributed by atoms with Crippen LogP contribution in [-0.4, -0.2) is 21.6 Å². The SMILES string of the molecule is Cc1nn(-c2ccccc2)c(OC(=O)CCCCl)c1Sc1ccc(Cl)cc1. The van der Waals surface area contributed by atoms with E-state index in [4.69, 9.17) is 27.9 Å². The van der Waals surface area contributed by atoms with Gasteiger partial charge in [-0.25, -0.2) is 0 Å². The van der Waals surface area contributed by atoms with Gasteiger partial charge in [0, 0.05) is 22.2 Å². The summed E-state index contributed by atoms with van der Waals surface area (Å²) in [5.74, 6) is 0.502. The monoisotopic (exact) mass is 420 g/mol. The number of aryl methyl sites for hydroxylation is 1. The van der Waals surface area contributed by atoms with E-state index in [-0.39, 0.29) is 12.4 Å². The molecule has 3 rings (SSSR count). The van der Waals surface area contributed by atoms with Crippen LogP contribution in [0.25, 0.3) is 5.69 Å². The first-order valence-electron chi connectivity index (χ1n) is 8.43. The van der Waals surface area contributed by atoms with Gasteiger partial charge in [-0.05, 0) is 49.7 Å². The van der Waals surface area contributed by atoms with Crippen molar-refractivity contribution in [2.45, 2.75) is 29.6 Å². The van der Waals surface area contributed by atoms with Gasteiger partial charge in [0.05, 0.1) is 16.3 Å². The summed E-state index contributed by atoms with van der Waals surface area (Å²) in [5.41, 5.74) is 1.60. The highest BCUT2D eigenvalue weighted by Crippen LogP contribution is 2.39. The van der Waals surface area contributed by atoms with Gasteiger partial charge in [0.15, 0.2) is 0 Å². The molecule has 2 aromatic carbocycles. The summed E-state index contributed by atoms with van der Waals surface area (Å²) >= 11 is 13.1. The number of ether oxygens (including phenoxy) is 1. The average molecular weight is 421 g/mol. The molecule has 0 spiro atoms. The molecule has 0 bridgehead atoms. The van der Waals surface area contributed by atoms with Crippen molar-refractivity contribution in [2.24, 2.45) is 0 Å². The number of nitrogens with zero attached hydrogens (tertiary/aromatic N) is 2. The summed E-state index contributed by atoms with van der Waals surface area (Å²) in [7, 11) is 0. The van der Waals surface area contributed by atoms with Crippen LogP contribution in [0, 0.1) is 6.92 Å². The minimum absolute atomic E-state index is 0.258. The van der Waals surface area contributed by atoms with Gasteiger partial charge in [-0.1, -0.05) is 41.6 Å². The topological polar surface area (TPSA) is 44.1 Å². The highest BCUT2D eigenvalue weighted by Gasteiger charge is 2.21. The van der Waals surface area contributed by atoms with E-state index in [0.29, 0.717) is 23.2 Å². The quantitative estimate of drug-likeness (QED) is 0.351. The fourth-order valence-electron chi connectivity index (χ4n) is 2.43. The van der Waals surface area contributed by atoms with Crippen LogP contribution in [-0.2, 0) is 4.79 Å². The van der Waals surface area contributed by atoms with Crippen molar-refractivity contribution >= 4 is 40.9 Å². The number of aromatic nitrogens is 2. The molecule has 0 fully saturated rings. The van der Waals surface area contributed by atoms with Crippen LogP contribution in [0.15, 0.2) is 64.4 Å². The van der Waals surface area contributed by atoms with E-state index in [1.807, 2.05) is 61.5 Å².